The molecule has 0 aliphatic carbocycles. The van der Waals surface area contributed by atoms with Crippen molar-refractivity contribution in [1.82, 2.24) is 5.53 Å². The quantitative estimate of drug-likeness (QED) is 0.912. The monoisotopic (exact) mass is 315 g/mol. The molecular weight excluding hydrogens is 302 g/mol. The van der Waals surface area contributed by atoms with Gasteiger partial charge in [0, 0.05) is 10.7 Å². The Balaban J connectivity index is 1.87. The Bertz CT molecular complexity index is 568. The second kappa shape index (κ2) is 5.47. The van der Waals surface area contributed by atoms with Crippen LogP contribution in [0, 0.1) is 0 Å². The van der Waals surface area contributed by atoms with Crippen molar-refractivity contribution in [2.75, 3.05) is 16.6 Å². The first-order chi connectivity index (χ1) is 9.33. The van der Waals surface area contributed by atoms with E-state index in [-0.39, 0.29) is 0 Å². The van der Waals surface area contributed by atoms with E-state index in [4.69, 9.17) is 0 Å². The fourth-order valence-corrected chi connectivity index (χ4v) is 2.46. The summed E-state index contributed by atoms with van der Waals surface area (Å²) < 4.78 is 1.12. The molecule has 0 saturated carbocycles. The highest BCUT2D eigenvalue weighted by atomic mass is 79.9. The van der Waals surface area contributed by atoms with E-state index in [9.17, 15) is 0 Å². The van der Waals surface area contributed by atoms with Gasteiger partial charge in [-0.3, -0.25) is 10.0 Å². The third-order valence-corrected chi connectivity index (χ3v) is 3.36. The normalized spacial score (nSPS) is 15.3. The first-order valence-corrected chi connectivity index (χ1v) is 6.91. The van der Waals surface area contributed by atoms with Crippen molar-refractivity contribution in [1.29, 1.82) is 0 Å². The Morgan fingerprint density at radius 1 is 0.842 bits per heavy atom. The van der Waals surface area contributed by atoms with Crippen LogP contribution in [0.1, 0.15) is 0 Å². The number of rotatable bonds is 2. The van der Waals surface area contributed by atoms with Crippen LogP contribution in [-0.4, -0.2) is 6.54 Å². The fraction of sp³-hybridized carbons (Fsp3) is 0.0667. The number of nitrogens with zero attached hydrogens (tertiary/aromatic N) is 2. The molecule has 1 aliphatic rings. The molecule has 3 nitrogen and oxygen atoms in total. The van der Waals surface area contributed by atoms with Crippen molar-refractivity contribution in [2.45, 2.75) is 0 Å². The molecule has 2 aromatic rings. The molecular formula is C15H14BrN3. The number of para-hydroxylation sites is 2. The van der Waals surface area contributed by atoms with Gasteiger partial charge in [-0.2, -0.15) is 0 Å². The topological polar surface area (TPSA) is 18.5 Å². The molecule has 0 radical (unpaired) electrons. The molecule has 0 fully saturated rings. The summed E-state index contributed by atoms with van der Waals surface area (Å²) in [5, 5.41) is 4.09. The Labute approximate surface area is 121 Å². The van der Waals surface area contributed by atoms with Crippen LogP contribution in [0.25, 0.3) is 0 Å². The Morgan fingerprint density at radius 3 is 2.05 bits per heavy atom. The lowest BCUT2D eigenvalue weighted by Gasteiger charge is -2.36. The minimum atomic E-state index is 0.799. The van der Waals surface area contributed by atoms with Gasteiger partial charge >= 0.3 is 0 Å². The summed E-state index contributed by atoms with van der Waals surface area (Å²) in [6, 6.07) is 20.5. The standard InChI is InChI=1S/C15H14BrN3/c16-13-11-18(14-7-3-1-4-8-14)17-19(12-13)15-9-5-2-6-10-15/h1-11,17H,12H2. The van der Waals surface area contributed by atoms with Gasteiger partial charge in [-0.05, 0) is 24.3 Å². The smallest absolute Gasteiger partial charge is 0.0693 e. The van der Waals surface area contributed by atoms with Crippen LogP contribution in [0.4, 0.5) is 11.4 Å². The average Bonchev–Trinajstić information content (AvgIpc) is 2.48. The van der Waals surface area contributed by atoms with Crippen molar-refractivity contribution < 1.29 is 0 Å². The summed E-state index contributed by atoms with van der Waals surface area (Å²) in [4.78, 5) is 0. The van der Waals surface area contributed by atoms with Gasteiger partial charge in [0.2, 0.25) is 0 Å². The third-order valence-electron chi connectivity index (χ3n) is 2.91. The van der Waals surface area contributed by atoms with E-state index in [0.717, 1.165) is 22.4 Å². The van der Waals surface area contributed by atoms with E-state index >= 15 is 0 Å². The number of hydrazine groups is 2. The van der Waals surface area contributed by atoms with Gasteiger partial charge in [-0.15, -0.1) is 5.53 Å². The number of hydrogen-bond donors (Lipinski definition) is 1. The van der Waals surface area contributed by atoms with Gasteiger partial charge in [0.15, 0.2) is 0 Å². The van der Waals surface area contributed by atoms with Crippen molar-refractivity contribution >= 4 is 27.3 Å². The Kier molecular flexibility index (Phi) is 3.53. The summed E-state index contributed by atoms with van der Waals surface area (Å²) in [6.45, 7) is 0.799. The summed E-state index contributed by atoms with van der Waals surface area (Å²) in [7, 11) is 0. The number of benzene rings is 2. The molecule has 0 atom stereocenters. The third kappa shape index (κ3) is 2.80. The predicted molar refractivity (Wildman–Crippen MR) is 82.9 cm³/mol. The molecule has 1 heterocycles. The fourth-order valence-electron chi connectivity index (χ4n) is 2.00. The lowest BCUT2D eigenvalue weighted by Crippen LogP contribution is -2.51. The zero-order chi connectivity index (χ0) is 13.1. The molecule has 1 N–H and O–H groups in total. The maximum absolute atomic E-state index is 3.60. The van der Waals surface area contributed by atoms with Gasteiger partial charge in [-0.25, -0.2) is 0 Å². The van der Waals surface area contributed by atoms with Gasteiger partial charge in [-0.1, -0.05) is 52.3 Å². The maximum atomic E-state index is 3.60. The average molecular weight is 316 g/mol. The molecule has 0 spiro atoms. The van der Waals surface area contributed by atoms with Crippen LogP contribution in [0.5, 0.6) is 0 Å². The molecule has 0 bridgehead atoms. The first-order valence-electron chi connectivity index (χ1n) is 6.12. The minimum Gasteiger partial charge on any atom is -0.285 e. The zero-order valence-electron chi connectivity index (χ0n) is 10.3. The molecule has 19 heavy (non-hydrogen) atoms. The maximum Gasteiger partial charge on any atom is 0.0693 e. The van der Waals surface area contributed by atoms with Crippen molar-refractivity contribution in [3.05, 3.63) is 71.3 Å². The molecule has 0 saturated heterocycles. The highest BCUT2D eigenvalue weighted by Crippen LogP contribution is 2.23. The molecule has 1 aliphatic heterocycles. The largest absolute Gasteiger partial charge is 0.285 e. The number of halogens is 1. The highest BCUT2D eigenvalue weighted by molar-refractivity contribution is 9.11. The zero-order valence-corrected chi connectivity index (χ0v) is 11.9. The molecule has 4 heteroatoms. The number of anilines is 2. The second-order valence-electron chi connectivity index (χ2n) is 4.30. The van der Waals surface area contributed by atoms with Gasteiger partial charge in [0.05, 0.1) is 17.9 Å². The van der Waals surface area contributed by atoms with E-state index in [1.165, 1.54) is 0 Å². The van der Waals surface area contributed by atoms with Crippen LogP contribution >= 0.6 is 15.9 Å². The van der Waals surface area contributed by atoms with Crippen molar-refractivity contribution in [3.63, 3.8) is 0 Å². The molecule has 3 rings (SSSR count). The van der Waals surface area contributed by atoms with E-state index in [2.05, 4.69) is 56.9 Å². The molecule has 2 aromatic carbocycles. The van der Waals surface area contributed by atoms with Crippen LogP contribution < -0.4 is 15.6 Å². The van der Waals surface area contributed by atoms with Crippen LogP contribution in [0.15, 0.2) is 71.3 Å². The summed E-state index contributed by atoms with van der Waals surface area (Å²) in [5.41, 5.74) is 5.61. The summed E-state index contributed by atoms with van der Waals surface area (Å²) in [6.07, 6.45) is 2.05. The summed E-state index contributed by atoms with van der Waals surface area (Å²) in [5.74, 6) is 0. The lowest BCUT2D eigenvalue weighted by molar-refractivity contribution is 0.635. The summed E-state index contributed by atoms with van der Waals surface area (Å²) >= 11 is 3.60. The van der Waals surface area contributed by atoms with Crippen molar-refractivity contribution in [3.8, 4) is 0 Å². The lowest BCUT2D eigenvalue weighted by atomic mass is 10.3. The van der Waals surface area contributed by atoms with Gasteiger partial charge in [0.1, 0.15) is 0 Å². The Hall–Kier alpha value is -1.78. The van der Waals surface area contributed by atoms with E-state index in [1.54, 1.807) is 0 Å². The van der Waals surface area contributed by atoms with Gasteiger partial charge < -0.3 is 0 Å². The van der Waals surface area contributed by atoms with Crippen LogP contribution in [-0.2, 0) is 0 Å². The second-order valence-corrected chi connectivity index (χ2v) is 5.32. The SMILES string of the molecule is BrC1=CN(c2ccccc2)NN(c2ccccc2)C1. The van der Waals surface area contributed by atoms with E-state index < -0.39 is 0 Å². The molecule has 0 unspecified atom stereocenters. The number of hydrogen-bond acceptors (Lipinski definition) is 3. The highest BCUT2D eigenvalue weighted by Gasteiger charge is 2.17. The van der Waals surface area contributed by atoms with Crippen molar-refractivity contribution in [2.24, 2.45) is 0 Å². The van der Waals surface area contributed by atoms with Crippen LogP contribution in [0.3, 0.4) is 0 Å². The van der Waals surface area contributed by atoms with Crippen LogP contribution in [0.2, 0.25) is 0 Å². The number of nitrogens with one attached hydrogen (secondary N) is 1. The van der Waals surface area contributed by atoms with E-state index in [1.807, 2.05) is 41.4 Å². The molecule has 96 valence electrons. The van der Waals surface area contributed by atoms with Gasteiger partial charge in [0.25, 0.3) is 0 Å². The minimum absolute atomic E-state index is 0.799. The predicted octanol–water partition coefficient (Wildman–Crippen LogP) is 3.67. The molecule has 0 amide bonds. The van der Waals surface area contributed by atoms with E-state index in [0.29, 0.717) is 0 Å². The first kappa shape index (κ1) is 12.3. The molecule has 0 aromatic heterocycles. The Morgan fingerprint density at radius 2 is 1.42 bits per heavy atom.